The van der Waals surface area contributed by atoms with Crippen LogP contribution < -0.4 is 20.7 Å². The molecule has 148 valence electrons. The van der Waals surface area contributed by atoms with E-state index in [1.54, 1.807) is 48.5 Å². The first-order chi connectivity index (χ1) is 14.0. The summed E-state index contributed by atoms with van der Waals surface area (Å²) in [7, 11) is 1.53. The molecule has 29 heavy (non-hydrogen) atoms. The van der Waals surface area contributed by atoms with Crippen LogP contribution in [0.3, 0.4) is 0 Å². The van der Waals surface area contributed by atoms with E-state index < -0.39 is 0 Å². The van der Waals surface area contributed by atoms with Gasteiger partial charge in [0.2, 0.25) is 5.91 Å². The molecule has 0 atom stereocenters. The maximum Gasteiger partial charge on any atom is 0.255 e. The van der Waals surface area contributed by atoms with Gasteiger partial charge in [-0.3, -0.25) is 9.59 Å². The van der Waals surface area contributed by atoms with Gasteiger partial charge in [-0.25, -0.2) is 0 Å². The van der Waals surface area contributed by atoms with Gasteiger partial charge in [0, 0.05) is 22.6 Å². The number of carbonyl (C=O) groups excluding carboxylic acids is 2. The van der Waals surface area contributed by atoms with E-state index in [0.717, 1.165) is 0 Å². The Kier molecular flexibility index (Phi) is 6.71. The van der Waals surface area contributed by atoms with Crippen LogP contribution in [0.25, 0.3) is 0 Å². The first-order valence-electron chi connectivity index (χ1n) is 8.89. The van der Waals surface area contributed by atoms with Crippen LogP contribution in [0.4, 0.5) is 17.1 Å². The van der Waals surface area contributed by atoms with Crippen LogP contribution in [0.2, 0.25) is 5.02 Å². The molecule has 0 aromatic heterocycles. The summed E-state index contributed by atoms with van der Waals surface area (Å²) in [6.45, 7) is 0.0553. The van der Waals surface area contributed by atoms with Crippen molar-refractivity contribution in [1.29, 1.82) is 0 Å². The summed E-state index contributed by atoms with van der Waals surface area (Å²) in [6, 6.07) is 21.1. The highest BCUT2D eigenvalue weighted by molar-refractivity contribution is 6.32. The van der Waals surface area contributed by atoms with E-state index in [4.69, 9.17) is 16.3 Å². The molecule has 0 fully saturated rings. The van der Waals surface area contributed by atoms with E-state index in [2.05, 4.69) is 16.0 Å². The Morgan fingerprint density at radius 2 is 1.59 bits per heavy atom. The first-order valence-corrected chi connectivity index (χ1v) is 9.26. The van der Waals surface area contributed by atoms with Gasteiger partial charge >= 0.3 is 0 Å². The van der Waals surface area contributed by atoms with Crippen molar-refractivity contribution >= 4 is 40.5 Å². The molecule has 2 amide bonds. The molecule has 0 bridgehead atoms. The summed E-state index contributed by atoms with van der Waals surface area (Å²) >= 11 is 6.06. The van der Waals surface area contributed by atoms with Crippen LogP contribution in [0.15, 0.2) is 72.8 Å². The largest absolute Gasteiger partial charge is 0.495 e. The molecule has 0 spiro atoms. The zero-order chi connectivity index (χ0) is 20.6. The predicted molar refractivity (Wildman–Crippen MR) is 116 cm³/mol. The van der Waals surface area contributed by atoms with Crippen molar-refractivity contribution < 1.29 is 14.3 Å². The Balaban J connectivity index is 1.55. The van der Waals surface area contributed by atoms with Crippen molar-refractivity contribution in [1.82, 2.24) is 0 Å². The molecule has 3 aromatic carbocycles. The second-order valence-electron chi connectivity index (χ2n) is 6.15. The van der Waals surface area contributed by atoms with Crippen LogP contribution in [-0.2, 0) is 4.79 Å². The smallest absolute Gasteiger partial charge is 0.255 e. The minimum atomic E-state index is -0.232. The van der Waals surface area contributed by atoms with Crippen molar-refractivity contribution in [2.75, 3.05) is 29.6 Å². The van der Waals surface area contributed by atoms with Gasteiger partial charge in [-0.2, -0.15) is 0 Å². The van der Waals surface area contributed by atoms with Crippen molar-refractivity contribution in [3.05, 3.63) is 83.4 Å². The Bertz CT molecular complexity index is 1010. The zero-order valence-electron chi connectivity index (χ0n) is 15.7. The molecule has 0 unspecified atom stereocenters. The van der Waals surface area contributed by atoms with Gasteiger partial charge in [-0.15, -0.1) is 0 Å². The number of anilines is 3. The molecule has 6 nitrogen and oxygen atoms in total. The van der Waals surface area contributed by atoms with E-state index in [9.17, 15) is 9.59 Å². The summed E-state index contributed by atoms with van der Waals surface area (Å²) < 4.78 is 5.09. The molecule has 0 radical (unpaired) electrons. The van der Waals surface area contributed by atoms with Gasteiger partial charge in [0.15, 0.2) is 0 Å². The monoisotopic (exact) mass is 409 g/mol. The quantitative estimate of drug-likeness (QED) is 0.530. The number of nitrogens with one attached hydrogen (secondary N) is 3. The zero-order valence-corrected chi connectivity index (χ0v) is 16.5. The number of amides is 2. The summed E-state index contributed by atoms with van der Waals surface area (Å²) in [5, 5.41) is 9.05. The maximum atomic E-state index is 12.3. The second kappa shape index (κ2) is 9.61. The van der Waals surface area contributed by atoms with E-state index in [1.807, 2.05) is 24.3 Å². The fraction of sp³-hybridized carbons (Fsp3) is 0.0909. The van der Waals surface area contributed by atoms with E-state index >= 15 is 0 Å². The number of ether oxygens (including phenoxy) is 1. The molecule has 3 N–H and O–H groups in total. The molecule has 7 heteroatoms. The van der Waals surface area contributed by atoms with Crippen LogP contribution in [0.1, 0.15) is 10.4 Å². The van der Waals surface area contributed by atoms with Gasteiger partial charge in [0.25, 0.3) is 5.91 Å². The minimum absolute atomic E-state index is 0.0553. The Morgan fingerprint density at radius 1 is 0.862 bits per heavy atom. The minimum Gasteiger partial charge on any atom is -0.495 e. The van der Waals surface area contributed by atoms with E-state index in [-0.39, 0.29) is 18.4 Å². The highest BCUT2D eigenvalue weighted by Crippen LogP contribution is 2.27. The molecule has 0 aliphatic heterocycles. The summed E-state index contributed by atoms with van der Waals surface area (Å²) in [6.07, 6.45) is 0. The van der Waals surface area contributed by atoms with Gasteiger partial charge in [-0.1, -0.05) is 35.9 Å². The number of hydrogen-bond donors (Lipinski definition) is 3. The van der Waals surface area contributed by atoms with Gasteiger partial charge < -0.3 is 20.7 Å². The van der Waals surface area contributed by atoms with Crippen LogP contribution in [-0.4, -0.2) is 25.5 Å². The van der Waals surface area contributed by atoms with Gasteiger partial charge in [-0.05, 0) is 48.5 Å². The van der Waals surface area contributed by atoms with Crippen molar-refractivity contribution in [3.8, 4) is 5.75 Å². The Hall–Kier alpha value is -3.51. The number of carbonyl (C=O) groups is 2. The maximum absolute atomic E-state index is 12.3. The van der Waals surface area contributed by atoms with Crippen LogP contribution >= 0.6 is 11.6 Å². The number of methoxy groups -OCH3 is 1. The van der Waals surface area contributed by atoms with Crippen LogP contribution in [0.5, 0.6) is 5.75 Å². The predicted octanol–water partition coefficient (Wildman–Crippen LogP) is 4.65. The number of hydrogen-bond acceptors (Lipinski definition) is 4. The number of rotatable bonds is 7. The third-order valence-corrected chi connectivity index (χ3v) is 4.34. The molecule has 3 rings (SSSR count). The lowest BCUT2D eigenvalue weighted by molar-refractivity contribution is -0.114. The van der Waals surface area contributed by atoms with Crippen LogP contribution in [0, 0.1) is 0 Å². The summed E-state index contributed by atoms with van der Waals surface area (Å²) in [5.41, 5.74) is 2.49. The lowest BCUT2D eigenvalue weighted by Gasteiger charge is -2.11. The summed E-state index contributed by atoms with van der Waals surface area (Å²) in [4.78, 5) is 24.4. The highest BCUT2D eigenvalue weighted by atomic mass is 35.5. The fourth-order valence-electron chi connectivity index (χ4n) is 2.63. The van der Waals surface area contributed by atoms with Gasteiger partial charge in [0.05, 0.1) is 18.7 Å². The molecular formula is C22H20ClN3O3. The number of halogens is 1. The topological polar surface area (TPSA) is 79.5 Å². The molecule has 0 aliphatic rings. The SMILES string of the molecule is COc1ccc(NC(=O)CNc2cccc(NC(=O)c3ccccc3)c2)cc1Cl. The highest BCUT2D eigenvalue weighted by Gasteiger charge is 2.08. The molecular weight excluding hydrogens is 390 g/mol. The van der Waals surface area contributed by atoms with E-state index in [1.165, 1.54) is 7.11 Å². The third kappa shape index (κ3) is 5.73. The molecule has 0 saturated carbocycles. The lowest BCUT2D eigenvalue weighted by Crippen LogP contribution is -2.21. The van der Waals surface area contributed by atoms with E-state index in [0.29, 0.717) is 33.4 Å². The Morgan fingerprint density at radius 3 is 2.31 bits per heavy atom. The van der Waals surface area contributed by atoms with Crippen molar-refractivity contribution in [2.24, 2.45) is 0 Å². The fourth-order valence-corrected chi connectivity index (χ4v) is 2.89. The van der Waals surface area contributed by atoms with Gasteiger partial charge in [0.1, 0.15) is 5.75 Å². The standard InChI is InChI=1S/C22H20ClN3O3/c1-29-20-11-10-18(13-19(20)23)25-21(27)14-24-16-8-5-9-17(12-16)26-22(28)15-6-3-2-4-7-15/h2-13,24H,14H2,1H3,(H,25,27)(H,26,28). The lowest BCUT2D eigenvalue weighted by atomic mass is 10.2. The molecule has 0 saturated heterocycles. The Labute approximate surface area is 173 Å². The normalized spacial score (nSPS) is 10.1. The average molecular weight is 410 g/mol. The average Bonchev–Trinajstić information content (AvgIpc) is 2.73. The van der Waals surface area contributed by atoms with Crippen molar-refractivity contribution in [2.45, 2.75) is 0 Å². The van der Waals surface area contributed by atoms with Crippen molar-refractivity contribution in [3.63, 3.8) is 0 Å². The first kappa shape index (κ1) is 20.2. The molecule has 3 aromatic rings. The summed E-state index contributed by atoms with van der Waals surface area (Å²) in [5.74, 6) is 0.110. The molecule has 0 heterocycles. The number of benzene rings is 3. The molecule has 0 aliphatic carbocycles. The third-order valence-electron chi connectivity index (χ3n) is 4.05. The second-order valence-corrected chi connectivity index (χ2v) is 6.56.